The van der Waals surface area contributed by atoms with Gasteiger partial charge in [-0.15, -0.1) is 0 Å². The molecule has 2 aromatic carbocycles. The second-order valence-electron chi connectivity index (χ2n) is 5.41. The van der Waals surface area contributed by atoms with E-state index in [0.29, 0.717) is 0 Å². The van der Waals surface area contributed by atoms with Crippen LogP contribution in [0.4, 0.5) is 11.4 Å². The van der Waals surface area contributed by atoms with Crippen molar-refractivity contribution in [3.8, 4) is 0 Å². The Morgan fingerprint density at radius 2 is 1.50 bits per heavy atom. The molecule has 0 spiro atoms. The Kier molecular flexibility index (Phi) is 3.15. The summed E-state index contributed by atoms with van der Waals surface area (Å²) in [7, 11) is 0. The normalized spacial score (nSPS) is 10.8. The standard InChI is InChI=1S/C18H18N2/c1-12-4-7-15(8-5-12)20-18-11-14(3)19-17-9-6-13(2)10-16(17)18/h4-11H,1-3H3,(H,19,20)/p+1. The van der Waals surface area contributed by atoms with Gasteiger partial charge in [-0.2, -0.15) is 0 Å². The highest BCUT2D eigenvalue weighted by molar-refractivity contribution is 5.91. The fourth-order valence-corrected chi connectivity index (χ4v) is 2.43. The molecule has 3 rings (SSSR count). The number of nitrogens with one attached hydrogen (secondary N) is 2. The van der Waals surface area contributed by atoms with E-state index in [1.165, 1.54) is 16.5 Å². The van der Waals surface area contributed by atoms with Crippen LogP contribution in [-0.4, -0.2) is 0 Å². The number of fused-ring (bicyclic) bond motifs is 1. The minimum Gasteiger partial charge on any atom is -0.355 e. The van der Waals surface area contributed by atoms with Gasteiger partial charge >= 0.3 is 0 Å². The molecule has 2 nitrogen and oxygen atoms in total. The molecule has 3 aromatic rings. The Labute approximate surface area is 119 Å². The molecule has 0 saturated heterocycles. The lowest BCUT2D eigenvalue weighted by atomic mass is 10.1. The van der Waals surface area contributed by atoms with Crippen molar-refractivity contribution in [3.63, 3.8) is 0 Å². The highest BCUT2D eigenvalue weighted by atomic mass is 14.9. The van der Waals surface area contributed by atoms with Crippen LogP contribution in [0.3, 0.4) is 0 Å². The molecule has 2 heteroatoms. The maximum absolute atomic E-state index is 3.52. The third-order valence-electron chi connectivity index (χ3n) is 3.49. The molecule has 0 aliphatic carbocycles. The summed E-state index contributed by atoms with van der Waals surface area (Å²) >= 11 is 0. The number of aryl methyl sites for hydroxylation is 3. The van der Waals surface area contributed by atoms with Crippen LogP contribution in [0.5, 0.6) is 0 Å². The molecule has 0 fully saturated rings. The van der Waals surface area contributed by atoms with Crippen molar-refractivity contribution < 1.29 is 4.98 Å². The van der Waals surface area contributed by atoms with Gasteiger partial charge in [0, 0.05) is 24.7 Å². The zero-order valence-corrected chi connectivity index (χ0v) is 12.1. The summed E-state index contributed by atoms with van der Waals surface area (Å²) in [5.41, 5.74) is 7.10. The lowest BCUT2D eigenvalue weighted by Gasteiger charge is -2.09. The smallest absolute Gasteiger partial charge is 0.213 e. The molecule has 0 amide bonds. The first-order valence-electron chi connectivity index (χ1n) is 6.89. The first-order chi connectivity index (χ1) is 9.61. The van der Waals surface area contributed by atoms with E-state index in [2.05, 4.69) is 79.6 Å². The van der Waals surface area contributed by atoms with E-state index >= 15 is 0 Å². The summed E-state index contributed by atoms with van der Waals surface area (Å²) in [6.45, 7) is 6.30. The van der Waals surface area contributed by atoms with Crippen molar-refractivity contribution in [1.82, 2.24) is 0 Å². The molecule has 1 aromatic heterocycles. The van der Waals surface area contributed by atoms with E-state index in [4.69, 9.17) is 0 Å². The maximum Gasteiger partial charge on any atom is 0.213 e. The minimum absolute atomic E-state index is 1.11. The molecular weight excluding hydrogens is 244 g/mol. The largest absolute Gasteiger partial charge is 0.355 e. The second-order valence-corrected chi connectivity index (χ2v) is 5.41. The first-order valence-corrected chi connectivity index (χ1v) is 6.89. The van der Waals surface area contributed by atoms with Crippen LogP contribution in [0.2, 0.25) is 0 Å². The van der Waals surface area contributed by atoms with Crippen LogP contribution in [0.25, 0.3) is 10.9 Å². The molecule has 20 heavy (non-hydrogen) atoms. The molecule has 2 N–H and O–H groups in total. The number of aromatic amines is 1. The van der Waals surface area contributed by atoms with Crippen LogP contribution in [-0.2, 0) is 0 Å². The average Bonchev–Trinajstić information content (AvgIpc) is 2.42. The summed E-state index contributed by atoms with van der Waals surface area (Å²) < 4.78 is 0. The Balaban J connectivity index is 2.10. The quantitative estimate of drug-likeness (QED) is 0.732. The summed E-state index contributed by atoms with van der Waals surface area (Å²) in [5, 5.41) is 4.74. The van der Waals surface area contributed by atoms with Crippen molar-refractivity contribution in [1.29, 1.82) is 0 Å². The van der Waals surface area contributed by atoms with E-state index in [1.54, 1.807) is 0 Å². The van der Waals surface area contributed by atoms with Gasteiger partial charge in [-0.25, -0.2) is 4.98 Å². The number of H-pyrrole nitrogens is 1. The van der Waals surface area contributed by atoms with Crippen molar-refractivity contribution >= 4 is 22.3 Å². The molecule has 0 aliphatic rings. The predicted molar refractivity (Wildman–Crippen MR) is 84.4 cm³/mol. The van der Waals surface area contributed by atoms with Crippen LogP contribution >= 0.6 is 0 Å². The molecule has 0 unspecified atom stereocenters. The number of aromatic nitrogens is 1. The van der Waals surface area contributed by atoms with Gasteiger partial charge < -0.3 is 5.32 Å². The predicted octanol–water partition coefficient (Wildman–Crippen LogP) is 4.32. The number of anilines is 2. The van der Waals surface area contributed by atoms with E-state index in [-0.39, 0.29) is 0 Å². The Morgan fingerprint density at radius 3 is 2.25 bits per heavy atom. The highest BCUT2D eigenvalue weighted by Crippen LogP contribution is 2.25. The molecule has 0 bridgehead atoms. The van der Waals surface area contributed by atoms with Crippen LogP contribution < -0.4 is 10.3 Å². The monoisotopic (exact) mass is 263 g/mol. The van der Waals surface area contributed by atoms with Gasteiger partial charge in [0.25, 0.3) is 0 Å². The number of benzene rings is 2. The van der Waals surface area contributed by atoms with E-state index in [0.717, 1.165) is 22.6 Å². The lowest BCUT2D eigenvalue weighted by molar-refractivity contribution is -0.354. The molecular formula is C18H19N2+. The Bertz CT molecular complexity index is 758. The van der Waals surface area contributed by atoms with Crippen molar-refractivity contribution in [2.45, 2.75) is 20.8 Å². The topological polar surface area (TPSA) is 26.2 Å². The SMILES string of the molecule is Cc1ccc(Nc2cc(C)[nH+]c3ccc(C)cc23)cc1. The zero-order valence-electron chi connectivity index (χ0n) is 12.1. The van der Waals surface area contributed by atoms with Crippen LogP contribution in [0.15, 0.2) is 48.5 Å². The van der Waals surface area contributed by atoms with Gasteiger partial charge in [0.15, 0.2) is 5.69 Å². The Hall–Kier alpha value is -2.35. The van der Waals surface area contributed by atoms with Crippen molar-refractivity contribution in [2.24, 2.45) is 0 Å². The summed E-state index contributed by atoms with van der Waals surface area (Å²) in [6.07, 6.45) is 0. The van der Waals surface area contributed by atoms with Gasteiger partial charge in [0.2, 0.25) is 5.52 Å². The first kappa shape index (κ1) is 12.7. The van der Waals surface area contributed by atoms with Crippen molar-refractivity contribution in [3.05, 3.63) is 65.4 Å². The maximum atomic E-state index is 3.52. The zero-order chi connectivity index (χ0) is 14.1. The minimum atomic E-state index is 1.11. The van der Waals surface area contributed by atoms with Gasteiger partial charge in [-0.1, -0.05) is 23.8 Å². The fraction of sp³-hybridized carbons (Fsp3) is 0.167. The lowest BCUT2D eigenvalue weighted by Crippen LogP contribution is -2.10. The summed E-state index contributed by atoms with van der Waals surface area (Å²) in [4.78, 5) is 3.41. The van der Waals surface area contributed by atoms with Gasteiger partial charge in [-0.05, 0) is 37.6 Å². The van der Waals surface area contributed by atoms with E-state index in [1.807, 2.05) is 0 Å². The number of pyridine rings is 1. The number of rotatable bonds is 2. The molecule has 0 radical (unpaired) electrons. The molecule has 0 atom stereocenters. The number of hydrogen-bond donors (Lipinski definition) is 1. The third kappa shape index (κ3) is 2.50. The summed E-state index contributed by atoms with van der Waals surface area (Å²) in [5.74, 6) is 0. The third-order valence-corrected chi connectivity index (χ3v) is 3.49. The van der Waals surface area contributed by atoms with Gasteiger partial charge in [0.05, 0.1) is 11.1 Å². The number of hydrogen-bond acceptors (Lipinski definition) is 1. The van der Waals surface area contributed by atoms with Gasteiger partial charge in [-0.3, -0.25) is 0 Å². The fourth-order valence-electron chi connectivity index (χ4n) is 2.43. The molecule has 100 valence electrons. The van der Waals surface area contributed by atoms with Crippen LogP contribution in [0, 0.1) is 20.8 Å². The molecule has 0 saturated carbocycles. The van der Waals surface area contributed by atoms with Gasteiger partial charge in [0.1, 0.15) is 0 Å². The highest BCUT2D eigenvalue weighted by Gasteiger charge is 2.09. The average molecular weight is 263 g/mol. The van der Waals surface area contributed by atoms with Crippen molar-refractivity contribution in [2.75, 3.05) is 5.32 Å². The van der Waals surface area contributed by atoms with E-state index < -0.39 is 0 Å². The van der Waals surface area contributed by atoms with E-state index in [9.17, 15) is 0 Å². The Morgan fingerprint density at radius 1 is 0.800 bits per heavy atom. The van der Waals surface area contributed by atoms with Crippen LogP contribution in [0.1, 0.15) is 16.8 Å². The summed E-state index contributed by atoms with van der Waals surface area (Å²) in [6, 6.07) is 17.1. The molecule has 1 heterocycles. The second kappa shape index (κ2) is 4.97. The molecule has 0 aliphatic heterocycles.